The molecule has 0 aliphatic heterocycles. The third kappa shape index (κ3) is 9.76. The fourth-order valence-electron chi connectivity index (χ4n) is 0.396. The van der Waals surface area contributed by atoms with Gasteiger partial charge in [0, 0.05) is 24.5 Å². The van der Waals surface area contributed by atoms with Crippen LogP contribution < -0.4 is 0 Å². The largest absolute Gasteiger partial charge is 0.478 e. The van der Waals surface area contributed by atoms with E-state index in [4.69, 9.17) is 10.2 Å². The van der Waals surface area contributed by atoms with Gasteiger partial charge in [0.05, 0.1) is 0 Å². The summed E-state index contributed by atoms with van der Waals surface area (Å²) in [4.78, 5) is 26.5. The monoisotopic (exact) mass is 196 g/mol. The number of aromatic nitrogens is 2. The van der Waals surface area contributed by atoms with Gasteiger partial charge in [0.15, 0.2) is 0 Å². The minimum Gasteiger partial charge on any atom is -0.478 e. The molecule has 0 amide bonds. The summed E-state index contributed by atoms with van der Waals surface area (Å²) in [6.45, 7) is 0. The Kier molecular flexibility index (Phi) is 6.23. The number of aliphatic carboxylic acids is 2. The Morgan fingerprint density at radius 2 is 1.43 bits per heavy atom. The minimum atomic E-state index is -1.26. The molecule has 74 valence electrons. The summed E-state index contributed by atoms with van der Waals surface area (Å²) in [7, 11) is 0. The summed E-state index contributed by atoms with van der Waals surface area (Å²) in [6.07, 6.45) is 5.99. The van der Waals surface area contributed by atoms with Gasteiger partial charge in [-0.2, -0.15) is 0 Å². The van der Waals surface area contributed by atoms with Crippen LogP contribution in [0.2, 0.25) is 0 Å². The van der Waals surface area contributed by atoms with Crippen LogP contribution in [0.1, 0.15) is 0 Å². The van der Waals surface area contributed by atoms with Gasteiger partial charge in [0.1, 0.15) is 6.33 Å². The molecule has 6 heteroatoms. The normalized spacial score (nSPS) is 8.86. The lowest BCUT2D eigenvalue weighted by Crippen LogP contribution is -1.91. The highest BCUT2D eigenvalue weighted by molar-refractivity contribution is 5.89. The summed E-state index contributed by atoms with van der Waals surface area (Å²) in [6, 6.07) is 1.78. The van der Waals surface area contributed by atoms with E-state index in [1.165, 1.54) is 6.33 Å². The van der Waals surface area contributed by atoms with E-state index < -0.39 is 11.9 Å². The topological polar surface area (TPSA) is 100 Å². The lowest BCUT2D eigenvalue weighted by molar-refractivity contribution is -0.134. The lowest BCUT2D eigenvalue weighted by Gasteiger charge is -1.74. The Balaban J connectivity index is 0.000000249. The number of carbonyl (C=O) groups is 2. The van der Waals surface area contributed by atoms with Crippen molar-refractivity contribution in [3.63, 3.8) is 0 Å². The number of hydrogen-bond donors (Lipinski definition) is 2. The van der Waals surface area contributed by atoms with Crippen LogP contribution in [0.25, 0.3) is 0 Å². The van der Waals surface area contributed by atoms with E-state index in [9.17, 15) is 9.59 Å². The number of carboxylic acid groups (broad SMARTS) is 2. The molecule has 0 fully saturated rings. The van der Waals surface area contributed by atoms with Crippen molar-refractivity contribution in [3.05, 3.63) is 36.9 Å². The molecule has 0 bridgehead atoms. The van der Waals surface area contributed by atoms with E-state index in [0.29, 0.717) is 12.2 Å². The zero-order valence-corrected chi connectivity index (χ0v) is 7.07. The molecule has 1 aromatic rings. The molecule has 0 unspecified atom stereocenters. The second-order valence-corrected chi connectivity index (χ2v) is 1.91. The van der Waals surface area contributed by atoms with Gasteiger partial charge in [-0.05, 0) is 6.07 Å². The van der Waals surface area contributed by atoms with Gasteiger partial charge in [-0.15, -0.1) is 0 Å². The zero-order valence-electron chi connectivity index (χ0n) is 7.07. The Hall–Kier alpha value is -2.24. The smallest absolute Gasteiger partial charge is 0.328 e. The van der Waals surface area contributed by atoms with E-state index in [1.807, 2.05) is 0 Å². The number of carboxylic acids is 2. The Morgan fingerprint density at radius 3 is 1.57 bits per heavy atom. The molecular weight excluding hydrogens is 188 g/mol. The molecule has 0 saturated carbocycles. The van der Waals surface area contributed by atoms with Gasteiger partial charge in [-0.1, -0.05) is 0 Å². The van der Waals surface area contributed by atoms with Crippen LogP contribution in [0.3, 0.4) is 0 Å². The molecule has 1 aromatic heterocycles. The summed E-state index contributed by atoms with van der Waals surface area (Å²) < 4.78 is 0. The van der Waals surface area contributed by atoms with Gasteiger partial charge in [0.25, 0.3) is 0 Å². The molecule has 0 aromatic carbocycles. The SMILES string of the molecule is O=C(O)C=CC(=O)O.c1cncnc1. The van der Waals surface area contributed by atoms with Crippen molar-refractivity contribution in [1.82, 2.24) is 9.97 Å². The summed E-state index contributed by atoms with van der Waals surface area (Å²) in [5.74, 6) is -2.51. The van der Waals surface area contributed by atoms with Crippen molar-refractivity contribution in [2.24, 2.45) is 0 Å². The number of rotatable bonds is 2. The first-order valence-electron chi connectivity index (χ1n) is 3.47. The highest BCUT2D eigenvalue weighted by atomic mass is 16.4. The summed E-state index contributed by atoms with van der Waals surface area (Å²) in [5, 5.41) is 15.6. The van der Waals surface area contributed by atoms with Crippen molar-refractivity contribution in [1.29, 1.82) is 0 Å². The fourth-order valence-corrected chi connectivity index (χ4v) is 0.396. The quantitative estimate of drug-likeness (QED) is 0.655. The maximum Gasteiger partial charge on any atom is 0.328 e. The molecule has 0 spiro atoms. The first-order chi connectivity index (χ1) is 6.63. The van der Waals surface area contributed by atoms with Crippen molar-refractivity contribution in [3.8, 4) is 0 Å². The average Bonchev–Trinajstić information content (AvgIpc) is 2.18. The number of nitrogens with zero attached hydrogens (tertiary/aromatic N) is 2. The summed E-state index contributed by atoms with van der Waals surface area (Å²) >= 11 is 0. The molecule has 0 radical (unpaired) electrons. The number of hydrogen-bond acceptors (Lipinski definition) is 4. The predicted molar refractivity (Wildman–Crippen MR) is 46.4 cm³/mol. The molecule has 0 atom stereocenters. The Labute approximate surface area is 79.6 Å². The Morgan fingerprint density at radius 1 is 1.00 bits per heavy atom. The van der Waals surface area contributed by atoms with E-state index in [2.05, 4.69) is 9.97 Å². The van der Waals surface area contributed by atoms with Gasteiger partial charge < -0.3 is 10.2 Å². The van der Waals surface area contributed by atoms with Crippen molar-refractivity contribution in [2.75, 3.05) is 0 Å². The predicted octanol–water partition coefficient (Wildman–Crippen LogP) is 0.188. The third-order valence-corrected chi connectivity index (χ3v) is 0.846. The minimum absolute atomic E-state index is 0.558. The maximum absolute atomic E-state index is 9.55. The van der Waals surface area contributed by atoms with Gasteiger partial charge in [0.2, 0.25) is 0 Å². The van der Waals surface area contributed by atoms with E-state index in [-0.39, 0.29) is 0 Å². The molecule has 6 nitrogen and oxygen atoms in total. The second-order valence-electron chi connectivity index (χ2n) is 1.91. The van der Waals surface area contributed by atoms with Gasteiger partial charge in [-0.25, -0.2) is 19.6 Å². The van der Waals surface area contributed by atoms with Crippen LogP contribution in [-0.2, 0) is 9.59 Å². The maximum atomic E-state index is 9.55. The first kappa shape index (κ1) is 11.8. The zero-order chi connectivity index (χ0) is 10.8. The van der Waals surface area contributed by atoms with Crippen LogP contribution in [0.4, 0.5) is 0 Å². The molecule has 1 rings (SSSR count). The van der Waals surface area contributed by atoms with Crippen LogP contribution in [0, 0.1) is 0 Å². The van der Waals surface area contributed by atoms with Crippen LogP contribution in [0.5, 0.6) is 0 Å². The molecular formula is C8H8N2O4. The van der Waals surface area contributed by atoms with Crippen molar-refractivity contribution < 1.29 is 19.8 Å². The van der Waals surface area contributed by atoms with Crippen molar-refractivity contribution >= 4 is 11.9 Å². The molecule has 14 heavy (non-hydrogen) atoms. The molecule has 0 aliphatic carbocycles. The highest BCUT2D eigenvalue weighted by Crippen LogP contribution is 1.70. The van der Waals surface area contributed by atoms with Crippen LogP contribution in [0.15, 0.2) is 36.9 Å². The second kappa shape index (κ2) is 7.41. The van der Waals surface area contributed by atoms with Crippen LogP contribution >= 0.6 is 0 Å². The molecule has 0 saturated heterocycles. The third-order valence-electron chi connectivity index (χ3n) is 0.846. The van der Waals surface area contributed by atoms with Gasteiger partial charge in [-0.3, -0.25) is 0 Å². The lowest BCUT2D eigenvalue weighted by atomic mass is 10.5. The molecule has 0 aliphatic rings. The molecule has 2 N–H and O–H groups in total. The standard InChI is InChI=1S/C4H4N2.C4H4O4/c1-2-5-4-6-3-1;5-3(6)1-2-4(7)8/h1-4H;1-2H,(H,5,6)(H,7,8). The van der Waals surface area contributed by atoms with Crippen LogP contribution in [-0.4, -0.2) is 32.1 Å². The molecule has 1 heterocycles. The Bertz CT molecular complexity index is 268. The van der Waals surface area contributed by atoms with Gasteiger partial charge >= 0.3 is 11.9 Å². The average molecular weight is 196 g/mol. The fraction of sp³-hybridized carbons (Fsp3) is 0. The van der Waals surface area contributed by atoms with E-state index in [0.717, 1.165) is 0 Å². The highest BCUT2D eigenvalue weighted by Gasteiger charge is 1.88. The first-order valence-corrected chi connectivity index (χ1v) is 3.47. The van der Waals surface area contributed by atoms with Crippen molar-refractivity contribution in [2.45, 2.75) is 0 Å². The van der Waals surface area contributed by atoms with E-state index >= 15 is 0 Å². The van der Waals surface area contributed by atoms with E-state index in [1.54, 1.807) is 18.5 Å². The summed E-state index contributed by atoms with van der Waals surface area (Å²) in [5.41, 5.74) is 0.